The van der Waals surface area contributed by atoms with E-state index in [9.17, 15) is 5.11 Å². The Morgan fingerprint density at radius 1 is 1.41 bits per heavy atom. The zero-order valence-corrected chi connectivity index (χ0v) is 12.4. The summed E-state index contributed by atoms with van der Waals surface area (Å²) in [5.74, 6) is 0. The van der Waals surface area contributed by atoms with E-state index in [-0.39, 0.29) is 6.10 Å². The fourth-order valence-corrected chi connectivity index (χ4v) is 2.54. The quantitative estimate of drug-likeness (QED) is 0.807. The van der Waals surface area contributed by atoms with E-state index in [1.165, 1.54) is 0 Å². The molecule has 17 heavy (non-hydrogen) atoms. The lowest BCUT2D eigenvalue weighted by molar-refractivity contribution is 0.169. The van der Waals surface area contributed by atoms with Gasteiger partial charge >= 0.3 is 0 Å². The van der Waals surface area contributed by atoms with Gasteiger partial charge in [-0.15, -0.1) is 0 Å². The molecule has 0 aliphatic carbocycles. The Kier molecular flexibility index (Phi) is 6.16. The van der Waals surface area contributed by atoms with Gasteiger partial charge in [-0.1, -0.05) is 13.8 Å². The molecule has 0 aliphatic rings. The molecule has 1 aromatic rings. The first kappa shape index (κ1) is 14.7. The summed E-state index contributed by atoms with van der Waals surface area (Å²) in [5.41, 5.74) is 2.16. The van der Waals surface area contributed by atoms with Crippen molar-refractivity contribution in [1.29, 1.82) is 0 Å². The van der Waals surface area contributed by atoms with Crippen LogP contribution in [0, 0.1) is 0 Å². The maximum absolute atomic E-state index is 9.94. The number of halogens is 1. The first-order valence-corrected chi connectivity index (χ1v) is 7.06. The second kappa shape index (κ2) is 7.13. The number of aryl methyl sites for hydroxylation is 2. The molecule has 0 radical (unpaired) electrons. The summed E-state index contributed by atoms with van der Waals surface area (Å²) < 4.78 is 3.02. The standard InChI is InChI=1S/C12H22BrN3O/c1-4-10-12(13)11(16(6-3)15-10)7-9(17)8-14-5-2/h9,14,17H,4-8H2,1-3H3. The van der Waals surface area contributed by atoms with Gasteiger partial charge in [-0.3, -0.25) is 4.68 Å². The van der Waals surface area contributed by atoms with Crippen LogP contribution in [0.15, 0.2) is 4.47 Å². The van der Waals surface area contributed by atoms with E-state index in [0.717, 1.165) is 35.4 Å². The third kappa shape index (κ3) is 3.79. The van der Waals surface area contributed by atoms with Crippen molar-refractivity contribution in [3.63, 3.8) is 0 Å². The Bertz CT molecular complexity index is 352. The number of hydrogen-bond donors (Lipinski definition) is 2. The molecular formula is C12H22BrN3O. The molecule has 0 amide bonds. The SMILES string of the molecule is CCNCC(O)Cc1c(Br)c(CC)nn1CC. The molecule has 5 heteroatoms. The monoisotopic (exact) mass is 303 g/mol. The number of aliphatic hydroxyl groups is 1. The van der Waals surface area contributed by atoms with Gasteiger partial charge in [0.05, 0.1) is 22.0 Å². The predicted molar refractivity (Wildman–Crippen MR) is 73.2 cm³/mol. The van der Waals surface area contributed by atoms with Gasteiger partial charge in [-0.2, -0.15) is 5.10 Å². The highest BCUT2D eigenvalue weighted by Gasteiger charge is 2.16. The van der Waals surface area contributed by atoms with Crippen molar-refractivity contribution in [2.75, 3.05) is 13.1 Å². The molecular weight excluding hydrogens is 282 g/mol. The van der Waals surface area contributed by atoms with Crippen molar-refractivity contribution in [2.24, 2.45) is 0 Å². The van der Waals surface area contributed by atoms with E-state index in [1.807, 2.05) is 11.6 Å². The summed E-state index contributed by atoms with van der Waals surface area (Å²) in [6, 6.07) is 0. The molecule has 0 aliphatic heterocycles. The summed E-state index contributed by atoms with van der Waals surface area (Å²) in [6.45, 7) is 8.53. The molecule has 1 rings (SSSR count). The third-order valence-corrected chi connectivity index (χ3v) is 3.67. The molecule has 0 saturated carbocycles. The molecule has 0 aromatic carbocycles. The number of nitrogens with zero attached hydrogens (tertiary/aromatic N) is 2. The van der Waals surface area contributed by atoms with E-state index >= 15 is 0 Å². The molecule has 0 spiro atoms. The van der Waals surface area contributed by atoms with Crippen molar-refractivity contribution in [3.05, 3.63) is 15.9 Å². The number of nitrogens with one attached hydrogen (secondary N) is 1. The van der Waals surface area contributed by atoms with Crippen molar-refractivity contribution >= 4 is 15.9 Å². The van der Waals surface area contributed by atoms with Crippen molar-refractivity contribution in [1.82, 2.24) is 15.1 Å². The zero-order valence-electron chi connectivity index (χ0n) is 10.8. The van der Waals surface area contributed by atoms with Crippen LogP contribution in [0.1, 0.15) is 32.2 Å². The first-order chi connectivity index (χ1) is 8.13. The molecule has 0 fully saturated rings. The Morgan fingerprint density at radius 3 is 2.65 bits per heavy atom. The molecule has 0 bridgehead atoms. The molecule has 1 atom stereocenters. The molecule has 1 heterocycles. The van der Waals surface area contributed by atoms with E-state index < -0.39 is 0 Å². The number of hydrogen-bond acceptors (Lipinski definition) is 3. The normalized spacial score (nSPS) is 13.0. The minimum absolute atomic E-state index is 0.363. The predicted octanol–water partition coefficient (Wildman–Crippen LogP) is 1.74. The summed E-state index contributed by atoms with van der Waals surface area (Å²) in [5, 5.41) is 17.6. The van der Waals surface area contributed by atoms with E-state index in [1.54, 1.807) is 0 Å². The van der Waals surface area contributed by atoms with Crippen LogP contribution in [-0.2, 0) is 19.4 Å². The Morgan fingerprint density at radius 2 is 2.12 bits per heavy atom. The van der Waals surface area contributed by atoms with Gasteiger partial charge in [0.25, 0.3) is 0 Å². The highest BCUT2D eigenvalue weighted by molar-refractivity contribution is 9.10. The first-order valence-electron chi connectivity index (χ1n) is 6.26. The average molecular weight is 304 g/mol. The average Bonchev–Trinajstić information content (AvgIpc) is 2.63. The van der Waals surface area contributed by atoms with Gasteiger partial charge < -0.3 is 10.4 Å². The molecule has 4 nitrogen and oxygen atoms in total. The smallest absolute Gasteiger partial charge is 0.0766 e. The van der Waals surface area contributed by atoms with Gasteiger partial charge in [-0.25, -0.2) is 0 Å². The van der Waals surface area contributed by atoms with Crippen molar-refractivity contribution in [2.45, 2.75) is 46.3 Å². The van der Waals surface area contributed by atoms with Gasteiger partial charge in [-0.05, 0) is 35.8 Å². The van der Waals surface area contributed by atoms with Crippen LogP contribution in [0.4, 0.5) is 0 Å². The molecule has 1 unspecified atom stereocenters. The fraction of sp³-hybridized carbons (Fsp3) is 0.750. The van der Waals surface area contributed by atoms with Crippen LogP contribution in [0.2, 0.25) is 0 Å². The topological polar surface area (TPSA) is 50.1 Å². The number of aromatic nitrogens is 2. The minimum Gasteiger partial charge on any atom is -0.391 e. The highest BCUT2D eigenvalue weighted by atomic mass is 79.9. The summed E-state index contributed by atoms with van der Waals surface area (Å²) in [4.78, 5) is 0. The summed E-state index contributed by atoms with van der Waals surface area (Å²) in [6.07, 6.45) is 1.18. The fourth-order valence-electron chi connectivity index (χ4n) is 1.82. The van der Waals surface area contributed by atoms with Crippen LogP contribution < -0.4 is 5.32 Å². The number of aliphatic hydroxyl groups excluding tert-OH is 1. The summed E-state index contributed by atoms with van der Waals surface area (Å²) >= 11 is 3.58. The maximum atomic E-state index is 9.94. The van der Waals surface area contributed by atoms with Crippen LogP contribution in [0.3, 0.4) is 0 Å². The lowest BCUT2D eigenvalue weighted by Gasteiger charge is -2.12. The maximum Gasteiger partial charge on any atom is 0.0766 e. The number of likely N-dealkylation sites (N-methyl/N-ethyl adjacent to an activating group) is 1. The van der Waals surface area contributed by atoms with Gasteiger partial charge in [0, 0.05) is 19.5 Å². The second-order valence-corrected chi connectivity index (χ2v) is 4.84. The zero-order chi connectivity index (χ0) is 12.8. The highest BCUT2D eigenvalue weighted by Crippen LogP contribution is 2.23. The Balaban J connectivity index is 2.78. The third-order valence-electron chi connectivity index (χ3n) is 2.75. The van der Waals surface area contributed by atoms with Gasteiger partial charge in [0.1, 0.15) is 0 Å². The molecule has 1 aromatic heterocycles. The Labute approximate surface area is 112 Å². The second-order valence-electron chi connectivity index (χ2n) is 4.04. The lowest BCUT2D eigenvalue weighted by Crippen LogP contribution is -2.29. The molecule has 2 N–H and O–H groups in total. The minimum atomic E-state index is -0.363. The van der Waals surface area contributed by atoms with Crippen molar-refractivity contribution < 1.29 is 5.11 Å². The largest absolute Gasteiger partial charge is 0.391 e. The van der Waals surface area contributed by atoms with E-state index in [0.29, 0.717) is 13.0 Å². The molecule has 98 valence electrons. The van der Waals surface area contributed by atoms with Crippen LogP contribution >= 0.6 is 15.9 Å². The molecule has 0 saturated heterocycles. The lowest BCUT2D eigenvalue weighted by atomic mass is 10.1. The summed E-state index contributed by atoms with van der Waals surface area (Å²) in [7, 11) is 0. The van der Waals surface area contributed by atoms with E-state index in [4.69, 9.17) is 0 Å². The van der Waals surface area contributed by atoms with Crippen LogP contribution in [0.5, 0.6) is 0 Å². The van der Waals surface area contributed by atoms with Gasteiger partial charge in [0.15, 0.2) is 0 Å². The van der Waals surface area contributed by atoms with Crippen LogP contribution in [-0.4, -0.2) is 34.1 Å². The Hall–Kier alpha value is -0.390. The van der Waals surface area contributed by atoms with E-state index in [2.05, 4.69) is 40.2 Å². The van der Waals surface area contributed by atoms with Crippen molar-refractivity contribution in [3.8, 4) is 0 Å². The van der Waals surface area contributed by atoms with Gasteiger partial charge in [0.2, 0.25) is 0 Å². The van der Waals surface area contributed by atoms with Crippen LogP contribution in [0.25, 0.3) is 0 Å². The number of rotatable bonds is 7.